The fraction of sp³-hybridized carbons (Fsp3) is 0.444. The van der Waals surface area contributed by atoms with Gasteiger partial charge in [-0.3, -0.25) is 0 Å². The van der Waals surface area contributed by atoms with Crippen LogP contribution in [0.4, 0.5) is 13.6 Å². The highest BCUT2D eigenvalue weighted by Gasteiger charge is 2.33. The summed E-state index contributed by atoms with van der Waals surface area (Å²) in [4.78, 5) is 19.4. The van der Waals surface area contributed by atoms with Crippen molar-refractivity contribution in [2.75, 3.05) is 13.1 Å². The van der Waals surface area contributed by atoms with Crippen molar-refractivity contribution in [1.29, 1.82) is 0 Å². The van der Waals surface area contributed by atoms with Crippen LogP contribution < -0.4 is 10.6 Å². The fourth-order valence-electron chi connectivity index (χ4n) is 2.73. The lowest BCUT2D eigenvalue weighted by Gasteiger charge is -2.34. The van der Waals surface area contributed by atoms with E-state index in [-0.39, 0.29) is 11.5 Å². The maximum atomic E-state index is 14.0. The number of nitrogens with zero attached hydrogens (tertiary/aromatic N) is 1. The number of amides is 1. The van der Waals surface area contributed by atoms with Crippen molar-refractivity contribution < 1.29 is 18.3 Å². The molecule has 3 N–H and O–H groups in total. The Morgan fingerprint density at radius 2 is 2.08 bits per heavy atom. The van der Waals surface area contributed by atoms with E-state index in [9.17, 15) is 13.6 Å². The summed E-state index contributed by atoms with van der Waals surface area (Å²) in [6, 6.07) is 2.81. The molecule has 0 aliphatic carbocycles. The average Bonchev–Trinajstić information content (AvgIpc) is 2.95. The Bertz CT molecular complexity index is 797. The van der Waals surface area contributed by atoms with E-state index in [1.807, 2.05) is 0 Å². The first kappa shape index (κ1) is 18.3. The van der Waals surface area contributed by atoms with Crippen LogP contribution in [0, 0.1) is 17.6 Å². The maximum absolute atomic E-state index is 14.0. The summed E-state index contributed by atoms with van der Waals surface area (Å²) < 4.78 is 32.7. The van der Waals surface area contributed by atoms with Crippen LogP contribution in [0.2, 0.25) is 0 Å². The third-order valence-electron chi connectivity index (χ3n) is 4.07. The number of benzene rings is 1. The first-order valence-corrected chi connectivity index (χ1v) is 8.43. The van der Waals surface area contributed by atoms with Crippen molar-refractivity contribution in [1.82, 2.24) is 20.6 Å². The first-order chi connectivity index (χ1) is 12.2. The van der Waals surface area contributed by atoms with Crippen LogP contribution in [0.15, 0.2) is 24.4 Å². The van der Waals surface area contributed by atoms with E-state index in [1.165, 1.54) is 6.20 Å². The van der Waals surface area contributed by atoms with Gasteiger partial charge in [-0.2, -0.15) is 0 Å². The molecule has 1 aliphatic rings. The summed E-state index contributed by atoms with van der Waals surface area (Å²) in [6.07, 6.45) is 0.882. The second kappa shape index (κ2) is 7.03. The number of hydrogen-bond donors (Lipinski definition) is 3. The van der Waals surface area contributed by atoms with Crippen molar-refractivity contribution >= 4 is 6.09 Å². The number of carbonyl (C=O) groups excluding carboxylic acids is 1. The molecule has 1 fully saturated rings. The molecular weight excluding hydrogens is 342 g/mol. The smallest absolute Gasteiger partial charge is 0.408 e. The van der Waals surface area contributed by atoms with Crippen LogP contribution in [-0.2, 0) is 4.74 Å². The van der Waals surface area contributed by atoms with Gasteiger partial charge in [0.25, 0.3) is 0 Å². The van der Waals surface area contributed by atoms with E-state index < -0.39 is 29.4 Å². The molecular formula is C18H22F2N4O2. The van der Waals surface area contributed by atoms with Gasteiger partial charge in [-0.1, -0.05) is 0 Å². The molecule has 1 aromatic carbocycles. The second-order valence-electron chi connectivity index (χ2n) is 7.35. The molecule has 3 rings (SSSR count). The monoisotopic (exact) mass is 364 g/mol. The number of aromatic amines is 1. The zero-order valence-electron chi connectivity index (χ0n) is 14.9. The molecule has 0 spiro atoms. The van der Waals surface area contributed by atoms with Crippen molar-refractivity contribution in [3.63, 3.8) is 0 Å². The van der Waals surface area contributed by atoms with Crippen LogP contribution in [0.5, 0.6) is 0 Å². The topological polar surface area (TPSA) is 79.0 Å². The maximum Gasteiger partial charge on any atom is 0.408 e. The third kappa shape index (κ3) is 4.19. The number of carbonyl (C=O) groups is 1. The molecule has 0 bridgehead atoms. The predicted octanol–water partition coefficient (Wildman–Crippen LogP) is 3.14. The molecule has 6 nitrogen and oxygen atoms in total. The van der Waals surface area contributed by atoms with Gasteiger partial charge in [0.05, 0.1) is 17.9 Å². The van der Waals surface area contributed by atoms with Crippen molar-refractivity contribution in [2.24, 2.45) is 5.92 Å². The largest absolute Gasteiger partial charge is 0.444 e. The highest BCUT2D eigenvalue weighted by Crippen LogP contribution is 2.27. The number of nitrogens with one attached hydrogen (secondary N) is 3. The summed E-state index contributed by atoms with van der Waals surface area (Å²) >= 11 is 0. The van der Waals surface area contributed by atoms with Crippen molar-refractivity contribution in [3.8, 4) is 11.3 Å². The minimum absolute atomic E-state index is 0.0894. The number of imidazole rings is 1. The molecule has 2 aromatic rings. The van der Waals surface area contributed by atoms with Gasteiger partial charge in [-0.25, -0.2) is 18.6 Å². The second-order valence-corrected chi connectivity index (χ2v) is 7.35. The Hall–Kier alpha value is -2.48. The number of rotatable bonds is 4. The van der Waals surface area contributed by atoms with Crippen molar-refractivity contribution in [3.05, 3.63) is 41.9 Å². The Labute approximate surface area is 150 Å². The van der Waals surface area contributed by atoms with E-state index in [0.29, 0.717) is 24.6 Å². The predicted molar refractivity (Wildman–Crippen MR) is 92.4 cm³/mol. The van der Waals surface area contributed by atoms with E-state index in [1.54, 1.807) is 20.8 Å². The first-order valence-electron chi connectivity index (χ1n) is 8.43. The summed E-state index contributed by atoms with van der Waals surface area (Å²) in [6.45, 7) is 6.77. The lowest BCUT2D eigenvalue weighted by molar-refractivity contribution is 0.0468. The number of halogens is 2. The Kier molecular flexibility index (Phi) is 4.95. The van der Waals surface area contributed by atoms with Gasteiger partial charge < -0.3 is 20.4 Å². The number of hydrogen-bond acceptors (Lipinski definition) is 4. The van der Waals surface area contributed by atoms with Gasteiger partial charge >= 0.3 is 6.09 Å². The van der Waals surface area contributed by atoms with Gasteiger partial charge in [0.15, 0.2) is 0 Å². The van der Waals surface area contributed by atoms with E-state index in [2.05, 4.69) is 20.6 Å². The molecule has 2 heterocycles. The summed E-state index contributed by atoms with van der Waals surface area (Å²) in [5.74, 6) is -0.493. The molecule has 1 aromatic heterocycles. The Morgan fingerprint density at radius 1 is 1.35 bits per heavy atom. The summed E-state index contributed by atoms with van der Waals surface area (Å²) in [7, 11) is 0. The van der Waals surface area contributed by atoms with Gasteiger partial charge in [-0.05, 0) is 39.0 Å². The van der Waals surface area contributed by atoms with Crippen LogP contribution in [0.1, 0.15) is 32.6 Å². The molecule has 0 saturated carbocycles. The minimum Gasteiger partial charge on any atom is -0.444 e. The molecule has 1 atom stereocenters. The Balaban J connectivity index is 1.83. The van der Waals surface area contributed by atoms with Crippen LogP contribution in [0.25, 0.3) is 11.3 Å². The van der Waals surface area contributed by atoms with E-state index in [0.717, 1.165) is 18.2 Å². The molecule has 8 heteroatoms. The Morgan fingerprint density at radius 3 is 2.69 bits per heavy atom. The number of alkyl carbamates (subject to hydrolysis) is 1. The number of aromatic nitrogens is 2. The molecule has 140 valence electrons. The zero-order valence-corrected chi connectivity index (χ0v) is 14.9. The molecule has 0 radical (unpaired) electrons. The lowest BCUT2D eigenvalue weighted by Crippen LogP contribution is -2.51. The van der Waals surface area contributed by atoms with Gasteiger partial charge in [0, 0.05) is 24.6 Å². The fourth-order valence-corrected chi connectivity index (χ4v) is 2.73. The molecule has 1 saturated heterocycles. The zero-order chi connectivity index (χ0) is 18.9. The standard InChI is InChI=1S/C18H22F2N4O2/c1-18(2,3)26-17(25)24-15(10-7-21-8-10)16-22-9-14(23-16)12-6-11(19)4-5-13(12)20/h4-6,9-10,15,21H,7-8H2,1-3H3,(H,22,23)(H,24,25). The third-order valence-corrected chi connectivity index (χ3v) is 4.07. The highest BCUT2D eigenvalue weighted by molar-refractivity contribution is 5.68. The highest BCUT2D eigenvalue weighted by atomic mass is 19.1. The lowest BCUT2D eigenvalue weighted by atomic mass is 9.93. The SMILES string of the molecule is CC(C)(C)OC(=O)NC(c1ncc(-c2cc(F)ccc2F)[nH]1)C1CNC1. The summed E-state index contributed by atoms with van der Waals surface area (Å²) in [5, 5.41) is 5.96. The minimum atomic E-state index is -0.620. The quantitative estimate of drug-likeness (QED) is 0.779. The van der Waals surface area contributed by atoms with Gasteiger partial charge in [-0.15, -0.1) is 0 Å². The summed E-state index contributed by atoms with van der Waals surface area (Å²) in [5.41, 5.74) is -0.183. The molecule has 1 aliphatic heterocycles. The molecule has 1 unspecified atom stereocenters. The number of H-pyrrole nitrogens is 1. The number of ether oxygens (including phenoxy) is 1. The normalized spacial score (nSPS) is 16.0. The van der Waals surface area contributed by atoms with Gasteiger partial charge in [0.1, 0.15) is 23.1 Å². The van der Waals surface area contributed by atoms with E-state index in [4.69, 9.17) is 4.74 Å². The van der Waals surface area contributed by atoms with Crippen molar-refractivity contribution in [2.45, 2.75) is 32.4 Å². The van der Waals surface area contributed by atoms with Crippen LogP contribution in [0.3, 0.4) is 0 Å². The van der Waals surface area contributed by atoms with Gasteiger partial charge in [0.2, 0.25) is 0 Å². The van der Waals surface area contributed by atoms with Crippen LogP contribution >= 0.6 is 0 Å². The average molecular weight is 364 g/mol. The molecule has 26 heavy (non-hydrogen) atoms. The van der Waals surface area contributed by atoms with E-state index >= 15 is 0 Å². The van der Waals surface area contributed by atoms with Crippen LogP contribution in [-0.4, -0.2) is 34.8 Å². The molecule has 1 amide bonds.